The summed E-state index contributed by atoms with van der Waals surface area (Å²) < 4.78 is 111. The number of piperazine rings is 1. The molecule has 16 heteroatoms. The van der Waals surface area contributed by atoms with E-state index in [0.29, 0.717) is 0 Å². The van der Waals surface area contributed by atoms with E-state index in [1.54, 1.807) is 0 Å². The van der Waals surface area contributed by atoms with Crippen LogP contribution in [0.2, 0.25) is 0 Å². The van der Waals surface area contributed by atoms with Gasteiger partial charge in [0.1, 0.15) is 40.6 Å². The molecule has 4 atom stereocenters. The van der Waals surface area contributed by atoms with Gasteiger partial charge in [0.15, 0.2) is 0 Å². The SMILES string of the molecule is COc1cc(F)c([C@@H]2CN(c3ccnc(N4C[C@@H](C)N(C)[C@@H](C)C4)c3C(F)(F)F)C(=O)[C@H]2N(C)C(=O)c2ccc(OC(F)F)cc2)c(F)c1. The normalized spacial score (nSPS) is 21.8. The van der Waals surface area contributed by atoms with E-state index < -0.39 is 77.4 Å². The van der Waals surface area contributed by atoms with Crippen LogP contribution in [0.3, 0.4) is 0 Å². The van der Waals surface area contributed by atoms with E-state index in [2.05, 4.69) is 9.72 Å². The molecule has 49 heavy (non-hydrogen) atoms. The lowest BCUT2D eigenvalue weighted by atomic mass is 9.91. The number of nitrogens with zero attached hydrogens (tertiary/aromatic N) is 5. The second-order valence-electron chi connectivity index (χ2n) is 12.1. The third-order valence-electron chi connectivity index (χ3n) is 9.15. The first-order valence-corrected chi connectivity index (χ1v) is 15.2. The maximum absolute atomic E-state index is 15.6. The van der Waals surface area contributed by atoms with E-state index >= 15 is 8.78 Å². The summed E-state index contributed by atoms with van der Waals surface area (Å²) in [4.78, 5) is 37.1. The third-order valence-corrected chi connectivity index (χ3v) is 9.15. The number of carbonyl (C=O) groups excluding carboxylic acids is 2. The molecule has 2 aromatic carbocycles. The molecule has 0 aliphatic carbocycles. The Bertz CT molecular complexity index is 1670. The Labute approximate surface area is 277 Å². The summed E-state index contributed by atoms with van der Waals surface area (Å²) in [6, 6.07) is 5.26. The molecule has 0 unspecified atom stereocenters. The Kier molecular flexibility index (Phi) is 10.00. The number of amides is 2. The van der Waals surface area contributed by atoms with Gasteiger partial charge < -0.3 is 24.2 Å². The van der Waals surface area contributed by atoms with Crippen LogP contribution in [-0.2, 0) is 11.0 Å². The number of benzene rings is 2. The fourth-order valence-electron chi connectivity index (χ4n) is 6.52. The highest BCUT2D eigenvalue weighted by molar-refractivity contribution is 6.05. The average Bonchev–Trinajstić information content (AvgIpc) is 3.37. The number of hydrogen-bond donors (Lipinski definition) is 0. The Hall–Kier alpha value is -4.60. The molecular weight excluding hydrogens is 663 g/mol. The van der Waals surface area contributed by atoms with Crippen molar-refractivity contribution in [2.75, 3.05) is 50.6 Å². The van der Waals surface area contributed by atoms with Crippen LogP contribution in [0.5, 0.6) is 11.5 Å². The second-order valence-corrected chi connectivity index (χ2v) is 12.1. The summed E-state index contributed by atoms with van der Waals surface area (Å²) in [7, 11) is 4.22. The number of ether oxygens (including phenoxy) is 2. The highest BCUT2D eigenvalue weighted by Gasteiger charge is 2.51. The Morgan fingerprint density at radius 2 is 1.57 bits per heavy atom. The standard InChI is InChI=1S/C33H34F7N5O4/c1-17-14-44(15-18(2)42(17)3)29-27(33(38,39)40)25(10-11-41-29)45-16-22(26-23(34)12-21(48-5)13-24(26)35)28(31(45)47)43(4)30(46)19-6-8-20(9-7-19)49-32(36)37/h6-13,17-18,22,28,32H,14-16H2,1-5H3/t17-,18+,22-,28-/m0/s1. The van der Waals surface area contributed by atoms with Gasteiger partial charge in [-0.25, -0.2) is 13.8 Å². The van der Waals surface area contributed by atoms with Crippen LogP contribution in [0.25, 0.3) is 0 Å². The molecule has 0 spiro atoms. The van der Waals surface area contributed by atoms with Gasteiger partial charge in [-0.2, -0.15) is 22.0 Å². The maximum Gasteiger partial charge on any atom is 0.421 e. The number of aromatic nitrogens is 1. The van der Waals surface area contributed by atoms with E-state index in [4.69, 9.17) is 4.74 Å². The zero-order valence-corrected chi connectivity index (χ0v) is 27.1. The highest BCUT2D eigenvalue weighted by atomic mass is 19.4. The minimum Gasteiger partial charge on any atom is -0.497 e. The number of rotatable bonds is 8. The second kappa shape index (κ2) is 13.7. The molecule has 2 aliphatic rings. The minimum atomic E-state index is -5.01. The maximum atomic E-state index is 15.6. The summed E-state index contributed by atoms with van der Waals surface area (Å²) >= 11 is 0. The molecule has 2 fully saturated rings. The van der Waals surface area contributed by atoms with Crippen molar-refractivity contribution < 1.29 is 49.8 Å². The van der Waals surface area contributed by atoms with Crippen LogP contribution in [0.1, 0.15) is 41.3 Å². The zero-order valence-electron chi connectivity index (χ0n) is 27.1. The van der Waals surface area contributed by atoms with Gasteiger partial charge in [-0.1, -0.05) is 0 Å². The van der Waals surface area contributed by atoms with Crippen LogP contribution in [0.4, 0.5) is 42.2 Å². The van der Waals surface area contributed by atoms with Crippen molar-refractivity contribution in [2.24, 2.45) is 0 Å². The lowest BCUT2D eigenvalue weighted by Gasteiger charge is -2.43. The number of alkyl halides is 5. The summed E-state index contributed by atoms with van der Waals surface area (Å²) in [5.74, 6) is -6.50. The first-order chi connectivity index (χ1) is 23.0. The Morgan fingerprint density at radius 1 is 0.980 bits per heavy atom. The number of likely N-dealkylation sites (N-methyl/N-ethyl adjacent to an activating group) is 2. The molecule has 0 radical (unpaired) electrons. The van der Waals surface area contributed by atoms with E-state index in [1.165, 1.54) is 19.1 Å². The molecule has 2 amide bonds. The average molecular weight is 698 g/mol. The molecule has 0 saturated carbocycles. The summed E-state index contributed by atoms with van der Waals surface area (Å²) in [6.45, 7) is 0.386. The monoisotopic (exact) mass is 697 g/mol. The van der Waals surface area contributed by atoms with Gasteiger partial charge in [-0.3, -0.25) is 14.5 Å². The molecular formula is C33H34F7N5O4. The smallest absolute Gasteiger partial charge is 0.421 e. The van der Waals surface area contributed by atoms with Gasteiger partial charge >= 0.3 is 12.8 Å². The summed E-state index contributed by atoms with van der Waals surface area (Å²) in [5, 5.41) is 0. The molecule has 264 valence electrons. The van der Waals surface area contributed by atoms with Gasteiger partial charge in [0.25, 0.3) is 11.8 Å². The lowest BCUT2D eigenvalue weighted by Crippen LogP contribution is -2.55. The van der Waals surface area contributed by atoms with Crippen molar-refractivity contribution in [3.05, 3.63) is 77.0 Å². The van der Waals surface area contributed by atoms with Crippen LogP contribution in [-0.4, -0.2) is 92.2 Å². The van der Waals surface area contributed by atoms with Gasteiger partial charge in [0, 0.05) is 74.1 Å². The van der Waals surface area contributed by atoms with Gasteiger partial charge in [0.2, 0.25) is 0 Å². The fourth-order valence-corrected chi connectivity index (χ4v) is 6.52. The van der Waals surface area contributed by atoms with Crippen LogP contribution in [0, 0.1) is 11.6 Å². The molecule has 2 aliphatic heterocycles. The number of hydrogen-bond acceptors (Lipinski definition) is 7. The van der Waals surface area contributed by atoms with Gasteiger partial charge in [0.05, 0.1) is 12.8 Å². The van der Waals surface area contributed by atoms with Crippen molar-refractivity contribution in [1.29, 1.82) is 0 Å². The number of carbonyl (C=O) groups is 2. The van der Waals surface area contributed by atoms with Crippen molar-refractivity contribution in [3.8, 4) is 11.5 Å². The fraction of sp³-hybridized carbons (Fsp3) is 0.424. The summed E-state index contributed by atoms with van der Waals surface area (Å²) in [6.07, 6.45) is -3.88. The first kappa shape index (κ1) is 35.7. The lowest BCUT2D eigenvalue weighted by molar-refractivity contribution is -0.137. The van der Waals surface area contributed by atoms with E-state index in [-0.39, 0.29) is 42.2 Å². The first-order valence-electron chi connectivity index (χ1n) is 15.2. The molecule has 9 nitrogen and oxygen atoms in total. The number of pyridine rings is 1. The van der Waals surface area contributed by atoms with Crippen LogP contribution >= 0.6 is 0 Å². The number of methoxy groups -OCH3 is 1. The van der Waals surface area contributed by atoms with Crippen molar-refractivity contribution in [1.82, 2.24) is 14.8 Å². The molecule has 5 rings (SSSR count). The third kappa shape index (κ3) is 6.96. The molecule has 0 N–H and O–H groups in total. The highest BCUT2D eigenvalue weighted by Crippen LogP contribution is 2.46. The van der Waals surface area contributed by atoms with Gasteiger partial charge in [-0.15, -0.1) is 0 Å². The van der Waals surface area contributed by atoms with Crippen LogP contribution in [0.15, 0.2) is 48.7 Å². The Balaban J connectivity index is 1.61. The molecule has 3 heterocycles. The predicted molar refractivity (Wildman–Crippen MR) is 165 cm³/mol. The van der Waals surface area contributed by atoms with E-state index in [0.717, 1.165) is 58.5 Å². The quantitative estimate of drug-likeness (QED) is 0.276. The number of anilines is 2. The topological polar surface area (TPSA) is 78.5 Å². The summed E-state index contributed by atoms with van der Waals surface area (Å²) in [5.41, 5.74) is -2.53. The Morgan fingerprint density at radius 3 is 2.10 bits per heavy atom. The minimum absolute atomic E-state index is 0.106. The molecule has 2 saturated heterocycles. The zero-order chi connectivity index (χ0) is 35.9. The largest absolute Gasteiger partial charge is 0.497 e. The predicted octanol–water partition coefficient (Wildman–Crippen LogP) is 5.79. The van der Waals surface area contributed by atoms with Crippen molar-refractivity contribution in [2.45, 2.75) is 50.7 Å². The molecule has 1 aromatic heterocycles. The van der Waals surface area contributed by atoms with E-state index in [1.807, 2.05) is 25.8 Å². The van der Waals surface area contributed by atoms with Crippen LogP contribution < -0.4 is 19.3 Å². The van der Waals surface area contributed by atoms with E-state index in [9.17, 15) is 31.5 Å². The molecule has 0 bridgehead atoms. The number of halogens is 7. The van der Waals surface area contributed by atoms with Gasteiger partial charge in [-0.05, 0) is 51.2 Å². The molecule has 3 aromatic rings. The van der Waals surface area contributed by atoms with Crippen molar-refractivity contribution in [3.63, 3.8) is 0 Å². The van der Waals surface area contributed by atoms with Crippen molar-refractivity contribution >= 4 is 23.3 Å².